The first kappa shape index (κ1) is 27.5. The standard InChI is InChI=1S/C23H50N.ClH/c1-5-9-13-14-15-19-23-24(20-16-10-6-2,21-17-11-7-3)22-18-12-8-4;/h5-23H2,1-4H3;1H/q+1;/p-1. The molecule has 0 N–H and O–H groups in total. The lowest BCUT2D eigenvalue weighted by Crippen LogP contribution is -3.00. The molecule has 0 aliphatic heterocycles. The van der Waals surface area contributed by atoms with Crippen molar-refractivity contribution in [2.75, 3.05) is 26.2 Å². The highest BCUT2D eigenvalue weighted by molar-refractivity contribution is 4.52. The summed E-state index contributed by atoms with van der Waals surface area (Å²) in [5.41, 5.74) is 0. The van der Waals surface area contributed by atoms with Gasteiger partial charge in [0.15, 0.2) is 0 Å². The van der Waals surface area contributed by atoms with Crippen LogP contribution in [0.4, 0.5) is 0 Å². The minimum Gasteiger partial charge on any atom is -1.00 e. The molecule has 0 heterocycles. The van der Waals surface area contributed by atoms with E-state index >= 15 is 0 Å². The van der Waals surface area contributed by atoms with Crippen LogP contribution in [-0.4, -0.2) is 30.7 Å². The smallest absolute Gasteiger partial charge is 0.0786 e. The molecule has 0 amide bonds. The van der Waals surface area contributed by atoms with Crippen LogP contribution in [-0.2, 0) is 0 Å². The van der Waals surface area contributed by atoms with Gasteiger partial charge in [-0.3, -0.25) is 0 Å². The fraction of sp³-hybridized carbons (Fsp3) is 1.00. The van der Waals surface area contributed by atoms with Gasteiger partial charge in [-0.05, 0) is 51.4 Å². The summed E-state index contributed by atoms with van der Waals surface area (Å²) in [5.74, 6) is 0. The van der Waals surface area contributed by atoms with Crippen molar-refractivity contribution in [1.29, 1.82) is 0 Å². The molecule has 0 saturated carbocycles. The molecule has 0 saturated heterocycles. The summed E-state index contributed by atoms with van der Waals surface area (Å²) in [7, 11) is 0. The molecule has 154 valence electrons. The van der Waals surface area contributed by atoms with Crippen molar-refractivity contribution in [1.82, 2.24) is 0 Å². The lowest BCUT2D eigenvalue weighted by Gasteiger charge is -2.39. The molecule has 0 atom stereocenters. The third kappa shape index (κ3) is 16.2. The number of nitrogens with zero attached hydrogens (tertiary/aromatic N) is 1. The van der Waals surface area contributed by atoms with E-state index < -0.39 is 0 Å². The molecule has 0 unspecified atom stereocenters. The fourth-order valence-electron chi connectivity index (χ4n) is 3.99. The predicted octanol–water partition coefficient (Wildman–Crippen LogP) is 4.74. The first-order valence-electron chi connectivity index (χ1n) is 11.6. The maximum Gasteiger partial charge on any atom is 0.0786 e. The van der Waals surface area contributed by atoms with E-state index in [1.165, 1.54) is 127 Å². The molecule has 0 rings (SSSR count). The second kappa shape index (κ2) is 20.6. The Labute approximate surface area is 167 Å². The lowest BCUT2D eigenvalue weighted by atomic mass is 10.1. The summed E-state index contributed by atoms with van der Waals surface area (Å²) >= 11 is 0. The van der Waals surface area contributed by atoms with E-state index in [-0.39, 0.29) is 12.4 Å². The molecule has 0 aromatic carbocycles. The first-order valence-corrected chi connectivity index (χ1v) is 11.6. The third-order valence-electron chi connectivity index (χ3n) is 5.69. The van der Waals surface area contributed by atoms with Crippen molar-refractivity contribution in [2.24, 2.45) is 0 Å². The Morgan fingerprint density at radius 1 is 0.360 bits per heavy atom. The molecular weight excluding hydrogens is 326 g/mol. The van der Waals surface area contributed by atoms with E-state index in [0.717, 1.165) is 0 Å². The number of quaternary nitrogens is 1. The van der Waals surface area contributed by atoms with Crippen molar-refractivity contribution in [3.8, 4) is 0 Å². The Morgan fingerprint density at radius 3 is 0.960 bits per heavy atom. The monoisotopic (exact) mass is 375 g/mol. The summed E-state index contributed by atoms with van der Waals surface area (Å²) in [6.07, 6.45) is 21.4. The Morgan fingerprint density at radius 2 is 0.600 bits per heavy atom. The van der Waals surface area contributed by atoms with Gasteiger partial charge >= 0.3 is 0 Å². The molecular formula is C23H50ClN. The maximum atomic E-state index is 2.34. The molecule has 0 aliphatic rings. The molecule has 0 radical (unpaired) electrons. The number of unbranched alkanes of at least 4 members (excludes halogenated alkanes) is 11. The van der Waals surface area contributed by atoms with Crippen molar-refractivity contribution in [3.05, 3.63) is 0 Å². The number of hydrogen-bond donors (Lipinski definition) is 0. The highest BCUT2D eigenvalue weighted by atomic mass is 35.5. The van der Waals surface area contributed by atoms with E-state index in [9.17, 15) is 0 Å². The van der Waals surface area contributed by atoms with E-state index in [1.54, 1.807) is 0 Å². The van der Waals surface area contributed by atoms with E-state index in [4.69, 9.17) is 0 Å². The first-order chi connectivity index (χ1) is 11.7. The molecule has 2 heteroatoms. The van der Waals surface area contributed by atoms with Gasteiger partial charge in [-0.25, -0.2) is 0 Å². The topological polar surface area (TPSA) is 0 Å². The summed E-state index contributed by atoms with van der Waals surface area (Å²) in [6.45, 7) is 15.2. The average Bonchev–Trinajstić information content (AvgIpc) is 2.58. The van der Waals surface area contributed by atoms with Gasteiger partial charge in [0.1, 0.15) is 0 Å². The SMILES string of the molecule is CCCCCCCC[N+](CCCCC)(CCCCC)CCCCC.[Cl-]. The van der Waals surface area contributed by atoms with Gasteiger partial charge in [-0.15, -0.1) is 0 Å². The molecule has 0 aromatic rings. The summed E-state index contributed by atoms with van der Waals surface area (Å²) in [6, 6.07) is 0. The minimum atomic E-state index is 0. The molecule has 25 heavy (non-hydrogen) atoms. The quantitative estimate of drug-likeness (QED) is 0.226. The van der Waals surface area contributed by atoms with Crippen molar-refractivity contribution < 1.29 is 16.9 Å². The van der Waals surface area contributed by atoms with Crippen LogP contribution in [0.25, 0.3) is 0 Å². The van der Waals surface area contributed by atoms with Crippen LogP contribution in [0.2, 0.25) is 0 Å². The second-order valence-electron chi connectivity index (χ2n) is 8.13. The van der Waals surface area contributed by atoms with Crippen LogP contribution < -0.4 is 12.4 Å². The summed E-state index contributed by atoms with van der Waals surface area (Å²) < 4.78 is 1.45. The lowest BCUT2D eigenvalue weighted by molar-refractivity contribution is -0.929. The predicted molar refractivity (Wildman–Crippen MR) is 112 cm³/mol. The molecule has 0 fully saturated rings. The molecule has 0 aromatic heterocycles. The van der Waals surface area contributed by atoms with Crippen LogP contribution >= 0.6 is 0 Å². The third-order valence-corrected chi connectivity index (χ3v) is 5.69. The van der Waals surface area contributed by atoms with Crippen molar-refractivity contribution in [2.45, 2.75) is 124 Å². The average molecular weight is 376 g/mol. The molecule has 0 bridgehead atoms. The maximum absolute atomic E-state index is 2.34. The van der Waals surface area contributed by atoms with Crippen molar-refractivity contribution in [3.63, 3.8) is 0 Å². The van der Waals surface area contributed by atoms with Gasteiger partial charge in [0.05, 0.1) is 26.2 Å². The zero-order chi connectivity index (χ0) is 17.9. The van der Waals surface area contributed by atoms with Gasteiger partial charge in [-0.1, -0.05) is 72.6 Å². The minimum absolute atomic E-state index is 0. The highest BCUT2D eigenvalue weighted by Gasteiger charge is 2.25. The van der Waals surface area contributed by atoms with Crippen LogP contribution in [0.15, 0.2) is 0 Å². The van der Waals surface area contributed by atoms with Crippen LogP contribution in [0, 0.1) is 0 Å². The summed E-state index contributed by atoms with van der Waals surface area (Å²) in [5, 5.41) is 0. The number of halogens is 1. The van der Waals surface area contributed by atoms with E-state index in [2.05, 4.69) is 27.7 Å². The Hall–Kier alpha value is 0.250. The molecule has 0 spiro atoms. The second-order valence-corrected chi connectivity index (χ2v) is 8.13. The van der Waals surface area contributed by atoms with Crippen LogP contribution in [0.3, 0.4) is 0 Å². The Kier molecular flexibility index (Phi) is 22.6. The van der Waals surface area contributed by atoms with Gasteiger partial charge in [-0.2, -0.15) is 0 Å². The Bertz CT molecular complexity index is 216. The number of hydrogen-bond acceptors (Lipinski definition) is 0. The summed E-state index contributed by atoms with van der Waals surface area (Å²) in [4.78, 5) is 0. The zero-order valence-corrected chi connectivity index (χ0v) is 19.0. The molecule has 0 aliphatic carbocycles. The van der Waals surface area contributed by atoms with E-state index in [0.29, 0.717) is 0 Å². The zero-order valence-electron chi connectivity index (χ0n) is 18.3. The van der Waals surface area contributed by atoms with Gasteiger partial charge in [0.25, 0.3) is 0 Å². The van der Waals surface area contributed by atoms with Crippen LogP contribution in [0.1, 0.15) is 124 Å². The van der Waals surface area contributed by atoms with Gasteiger partial charge < -0.3 is 16.9 Å². The fourth-order valence-corrected chi connectivity index (χ4v) is 3.99. The number of rotatable bonds is 19. The molecule has 1 nitrogen and oxygen atoms in total. The van der Waals surface area contributed by atoms with Gasteiger partial charge in [0.2, 0.25) is 0 Å². The van der Waals surface area contributed by atoms with Crippen LogP contribution in [0.5, 0.6) is 0 Å². The highest BCUT2D eigenvalue weighted by Crippen LogP contribution is 2.19. The Balaban J connectivity index is 0. The largest absolute Gasteiger partial charge is 1.00 e. The van der Waals surface area contributed by atoms with Gasteiger partial charge in [0, 0.05) is 0 Å². The van der Waals surface area contributed by atoms with E-state index in [1.807, 2.05) is 0 Å². The van der Waals surface area contributed by atoms with Crippen molar-refractivity contribution >= 4 is 0 Å². The normalized spacial score (nSPS) is 11.5.